The lowest BCUT2D eigenvalue weighted by molar-refractivity contribution is 1.13. The van der Waals surface area contributed by atoms with Crippen molar-refractivity contribution in [1.29, 1.82) is 0 Å². The van der Waals surface area contributed by atoms with Gasteiger partial charge in [0.1, 0.15) is 0 Å². The maximum Gasteiger partial charge on any atom is 0.160 e. The third-order valence-electron chi connectivity index (χ3n) is 15.0. The first-order valence-electron chi connectivity index (χ1n) is 25.6. The predicted octanol–water partition coefficient (Wildman–Crippen LogP) is 18.1. The van der Waals surface area contributed by atoms with E-state index < -0.39 is 0 Å². The van der Waals surface area contributed by atoms with E-state index in [1.54, 1.807) is 0 Å². The Kier molecular flexibility index (Phi) is 9.82. The van der Waals surface area contributed by atoms with Gasteiger partial charge in [-0.15, -0.1) is 0 Å². The summed E-state index contributed by atoms with van der Waals surface area (Å²) in [6.07, 6.45) is 0. The fraction of sp³-hybridized carbons (Fsp3) is 0. The Balaban J connectivity index is 0.922. The molecule has 4 aromatic heterocycles. The molecular formula is C70H45N5. The fourth-order valence-electron chi connectivity index (χ4n) is 11.6. The smallest absolute Gasteiger partial charge is 0.160 e. The van der Waals surface area contributed by atoms with E-state index in [4.69, 9.17) is 9.97 Å². The molecule has 11 aromatic carbocycles. The minimum Gasteiger partial charge on any atom is -0.309 e. The Hall–Kier alpha value is -10.1. The lowest BCUT2D eigenvalue weighted by Gasteiger charge is -2.16. The van der Waals surface area contributed by atoms with Crippen LogP contribution in [0.1, 0.15) is 0 Å². The molecular weight excluding hydrogens is 911 g/mol. The summed E-state index contributed by atoms with van der Waals surface area (Å²) in [6, 6.07) is 98.3. The average molecular weight is 956 g/mol. The summed E-state index contributed by atoms with van der Waals surface area (Å²) < 4.78 is 7.21. The van der Waals surface area contributed by atoms with Gasteiger partial charge in [0.05, 0.1) is 44.5 Å². The molecule has 350 valence electrons. The number of benzene rings is 11. The molecule has 5 nitrogen and oxygen atoms in total. The Bertz CT molecular complexity index is 4340. The Morgan fingerprint density at radius 2 is 0.547 bits per heavy atom. The van der Waals surface area contributed by atoms with Crippen molar-refractivity contribution in [2.24, 2.45) is 0 Å². The Morgan fingerprint density at radius 3 is 0.987 bits per heavy atom. The molecule has 0 N–H and O–H groups in total. The van der Waals surface area contributed by atoms with E-state index in [1.165, 1.54) is 54.6 Å². The summed E-state index contributed by atoms with van der Waals surface area (Å²) >= 11 is 0. The zero-order valence-corrected chi connectivity index (χ0v) is 40.7. The van der Waals surface area contributed by atoms with E-state index in [1.807, 2.05) is 6.07 Å². The maximum absolute atomic E-state index is 5.44. The van der Waals surface area contributed by atoms with Gasteiger partial charge >= 0.3 is 0 Å². The molecule has 75 heavy (non-hydrogen) atoms. The molecule has 0 atom stereocenters. The quantitative estimate of drug-likeness (QED) is 0.152. The highest BCUT2D eigenvalue weighted by atomic mass is 15.0. The molecule has 0 aliphatic rings. The second-order valence-electron chi connectivity index (χ2n) is 19.4. The molecule has 0 aliphatic heterocycles. The van der Waals surface area contributed by atoms with Crippen molar-refractivity contribution in [3.8, 4) is 73.2 Å². The van der Waals surface area contributed by atoms with Gasteiger partial charge in [0.25, 0.3) is 0 Å². The molecule has 0 fully saturated rings. The molecule has 0 radical (unpaired) electrons. The second-order valence-corrected chi connectivity index (χ2v) is 19.4. The number of rotatable bonds is 8. The third-order valence-corrected chi connectivity index (χ3v) is 15.0. The first-order valence-corrected chi connectivity index (χ1v) is 25.6. The summed E-state index contributed by atoms with van der Waals surface area (Å²) in [4.78, 5) is 10.8. The Morgan fingerprint density at radius 1 is 0.200 bits per heavy atom. The van der Waals surface area contributed by atoms with Crippen LogP contribution >= 0.6 is 0 Å². The monoisotopic (exact) mass is 955 g/mol. The molecule has 4 heterocycles. The molecule has 0 aliphatic carbocycles. The number of fused-ring (bicyclic) bond motifs is 9. The minimum absolute atomic E-state index is 0.665. The lowest BCUT2D eigenvalue weighted by atomic mass is 10.0. The van der Waals surface area contributed by atoms with E-state index in [2.05, 4.69) is 281 Å². The molecule has 0 spiro atoms. The van der Waals surface area contributed by atoms with E-state index in [-0.39, 0.29) is 0 Å². The largest absolute Gasteiger partial charge is 0.309 e. The summed E-state index contributed by atoms with van der Waals surface area (Å²) in [6.45, 7) is 0. The first-order chi connectivity index (χ1) is 37.2. The lowest BCUT2D eigenvalue weighted by Crippen LogP contribution is -2.01. The van der Waals surface area contributed by atoms with Crippen molar-refractivity contribution in [2.45, 2.75) is 0 Å². The van der Waals surface area contributed by atoms with Crippen LogP contribution in [0.2, 0.25) is 0 Å². The van der Waals surface area contributed by atoms with E-state index in [0.29, 0.717) is 5.82 Å². The number of aromatic nitrogens is 5. The zero-order chi connectivity index (χ0) is 49.4. The van der Waals surface area contributed by atoms with Crippen LogP contribution in [0.5, 0.6) is 0 Å². The third kappa shape index (κ3) is 7.08. The predicted molar refractivity (Wildman–Crippen MR) is 312 cm³/mol. The summed E-state index contributed by atoms with van der Waals surface area (Å²) in [5.41, 5.74) is 19.5. The van der Waals surface area contributed by atoms with Crippen molar-refractivity contribution >= 4 is 65.4 Å². The van der Waals surface area contributed by atoms with Crippen molar-refractivity contribution < 1.29 is 0 Å². The van der Waals surface area contributed by atoms with Gasteiger partial charge < -0.3 is 13.7 Å². The summed E-state index contributed by atoms with van der Waals surface area (Å²) in [5, 5.41) is 7.28. The normalized spacial score (nSPS) is 11.7. The molecule has 0 saturated carbocycles. The fourth-order valence-corrected chi connectivity index (χ4v) is 11.6. The standard InChI is InChI=1S/C70H45N5/c1-4-18-46(19-5-1)50-34-38-68-60(42-50)61-43-51(47-20-6-2-7-21-47)35-39-69(61)73(68)53-36-32-48(33-37-53)62-45-63(72-70(71-62)49-22-8-3-9-23-49)52-40-54(74-64-28-14-10-24-56(64)57-25-11-15-29-65(57)74)44-55(41-52)75-66-30-16-12-26-58(66)59-27-13-17-31-67(59)75/h1-45H. The Labute approximate surface area is 433 Å². The van der Waals surface area contributed by atoms with Gasteiger partial charge in [-0.05, 0) is 107 Å². The minimum atomic E-state index is 0.665. The average Bonchev–Trinajstić information content (AvgIpc) is 4.18. The van der Waals surface area contributed by atoms with Gasteiger partial charge in [0.2, 0.25) is 0 Å². The van der Waals surface area contributed by atoms with Gasteiger partial charge in [-0.1, -0.05) is 188 Å². The SMILES string of the molecule is c1ccc(-c2ccc3c(c2)c2cc(-c4ccccc4)ccc2n3-c2ccc(-c3cc(-c4cc(-n5c6ccccc6c6ccccc65)cc(-n5c6ccccc6c6ccccc65)c4)nc(-c4ccccc4)n3)cc2)cc1. The molecule has 15 rings (SSSR count). The number of hydrogen-bond acceptors (Lipinski definition) is 2. The number of nitrogens with zero attached hydrogens (tertiary/aromatic N) is 5. The van der Waals surface area contributed by atoms with Crippen LogP contribution in [0.4, 0.5) is 0 Å². The molecule has 0 amide bonds. The van der Waals surface area contributed by atoms with Crippen LogP contribution in [-0.4, -0.2) is 23.7 Å². The van der Waals surface area contributed by atoms with Gasteiger partial charge in [-0.25, -0.2) is 9.97 Å². The number of hydrogen-bond donors (Lipinski definition) is 0. The van der Waals surface area contributed by atoms with E-state index in [9.17, 15) is 0 Å². The summed E-state index contributed by atoms with van der Waals surface area (Å²) in [5.74, 6) is 0.665. The van der Waals surface area contributed by atoms with E-state index >= 15 is 0 Å². The van der Waals surface area contributed by atoms with E-state index in [0.717, 1.165) is 78.2 Å². The van der Waals surface area contributed by atoms with Crippen LogP contribution in [0.25, 0.3) is 139 Å². The van der Waals surface area contributed by atoms with Crippen molar-refractivity contribution in [2.75, 3.05) is 0 Å². The number of para-hydroxylation sites is 4. The van der Waals surface area contributed by atoms with Crippen LogP contribution in [0.3, 0.4) is 0 Å². The first kappa shape index (κ1) is 42.6. The molecule has 0 bridgehead atoms. The van der Waals surface area contributed by atoms with Gasteiger partial charge in [-0.2, -0.15) is 0 Å². The van der Waals surface area contributed by atoms with Crippen molar-refractivity contribution in [3.63, 3.8) is 0 Å². The highest BCUT2D eigenvalue weighted by molar-refractivity contribution is 6.13. The summed E-state index contributed by atoms with van der Waals surface area (Å²) in [7, 11) is 0. The topological polar surface area (TPSA) is 40.6 Å². The van der Waals surface area contributed by atoms with Crippen molar-refractivity contribution in [1.82, 2.24) is 23.7 Å². The van der Waals surface area contributed by atoms with Crippen molar-refractivity contribution in [3.05, 3.63) is 273 Å². The van der Waals surface area contributed by atoms with Gasteiger partial charge in [-0.3, -0.25) is 0 Å². The molecule has 0 unspecified atom stereocenters. The second kappa shape index (κ2) is 17.3. The van der Waals surface area contributed by atoms with Crippen LogP contribution in [-0.2, 0) is 0 Å². The maximum atomic E-state index is 5.44. The van der Waals surface area contributed by atoms with Gasteiger partial charge in [0, 0.05) is 66.1 Å². The molecule has 0 saturated heterocycles. The van der Waals surface area contributed by atoms with Crippen LogP contribution < -0.4 is 0 Å². The van der Waals surface area contributed by atoms with Crippen LogP contribution in [0, 0.1) is 0 Å². The zero-order valence-electron chi connectivity index (χ0n) is 40.7. The van der Waals surface area contributed by atoms with Gasteiger partial charge in [0.15, 0.2) is 5.82 Å². The van der Waals surface area contributed by atoms with Crippen LogP contribution in [0.15, 0.2) is 273 Å². The molecule has 15 aromatic rings. The highest BCUT2D eigenvalue weighted by Crippen LogP contribution is 2.41. The molecule has 5 heteroatoms. The highest BCUT2D eigenvalue weighted by Gasteiger charge is 2.20.